The van der Waals surface area contributed by atoms with Gasteiger partial charge in [-0.3, -0.25) is 14.1 Å². The molecule has 0 aromatic carbocycles. The van der Waals surface area contributed by atoms with Gasteiger partial charge in [0.05, 0.1) is 30.1 Å². The van der Waals surface area contributed by atoms with Crippen molar-refractivity contribution in [3.63, 3.8) is 0 Å². The van der Waals surface area contributed by atoms with Gasteiger partial charge >= 0.3 is 22.3 Å². The summed E-state index contributed by atoms with van der Waals surface area (Å²) in [4.78, 5) is 27.1. The number of fused-ring (bicyclic) bond motifs is 4. The van der Waals surface area contributed by atoms with Crippen LogP contribution in [-0.2, 0) is 52.6 Å². The lowest BCUT2D eigenvalue weighted by molar-refractivity contribution is -0.362. The maximum Gasteiger partial charge on any atom is 0.397 e. The zero-order valence-corrected chi connectivity index (χ0v) is 37.1. The summed E-state index contributed by atoms with van der Waals surface area (Å²) in [7, 11) is -5.03. The van der Waals surface area contributed by atoms with Crippen molar-refractivity contribution in [2.24, 2.45) is 39.4 Å². The van der Waals surface area contributed by atoms with Crippen molar-refractivity contribution >= 4 is 22.3 Å². The lowest BCUT2D eigenvalue weighted by atomic mass is 9.41. The number of rotatable bonds is 10. The van der Waals surface area contributed by atoms with Gasteiger partial charge in [-0.2, -0.15) is 8.42 Å². The average Bonchev–Trinajstić information content (AvgIpc) is 3.54. The molecule has 0 amide bonds. The van der Waals surface area contributed by atoms with Gasteiger partial charge in [-0.1, -0.05) is 51.0 Å². The zero-order valence-electron chi connectivity index (χ0n) is 36.2. The highest BCUT2D eigenvalue weighted by molar-refractivity contribution is 7.80. The van der Waals surface area contributed by atoms with Crippen molar-refractivity contribution in [1.29, 1.82) is 0 Å². The number of aliphatic hydroxyl groups is 4. The second-order valence-corrected chi connectivity index (χ2v) is 21.3. The molecule has 7 aliphatic rings. The van der Waals surface area contributed by atoms with Gasteiger partial charge in [-0.25, -0.2) is 4.18 Å². The van der Waals surface area contributed by atoms with Crippen LogP contribution in [0.5, 0.6) is 0 Å². The Morgan fingerprint density at radius 3 is 2.28 bits per heavy atom. The molecule has 16 nitrogen and oxygen atoms in total. The van der Waals surface area contributed by atoms with E-state index in [2.05, 4.69) is 39.8 Å². The van der Waals surface area contributed by atoms with Crippen LogP contribution in [0.3, 0.4) is 0 Å². The summed E-state index contributed by atoms with van der Waals surface area (Å²) in [6.45, 7) is 17.3. The van der Waals surface area contributed by atoms with E-state index in [1.807, 2.05) is 20.8 Å². The second kappa shape index (κ2) is 15.9. The molecule has 3 aliphatic heterocycles. The number of ether oxygens (including phenoxy) is 6. The van der Waals surface area contributed by atoms with Gasteiger partial charge in [0.2, 0.25) is 0 Å². The number of aliphatic hydroxyl groups excluding tert-OH is 4. The Balaban J connectivity index is 1.16. The Kier molecular flexibility index (Phi) is 12.2. The highest BCUT2D eigenvalue weighted by Crippen LogP contribution is 2.76. The number of carbonyl (C=O) groups is 2. The third-order valence-electron chi connectivity index (χ3n) is 16.1. The van der Waals surface area contributed by atoms with Gasteiger partial charge in [-0.15, -0.1) is 0 Å². The van der Waals surface area contributed by atoms with Crippen LogP contribution in [0.25, 0.3) is 0 Å². The first-order valence-electron chi connectivity index (χ1n) is 21.5. The van der Waals surface area contributed by atoms with Crippen molar-refractivity contribution in [2.45, 2.75) is 187 Å². The largest absolute Gasteiger partial charge is 0.462 e. The third kappa shape index (κ3) is 7.42. The molecule has 1 spiro atoms. The van der Waals surface area contributed by atoms with Crippen LogP contribution in [0, 0.1) is 39.4 Å². The Morgan fingerprint density at radius 1 is 0.933 bits per heavy atom. The molecule has 17 heteroatoms. The van der Waals surface area contributed by atoms with E-state index in [4.69, 9.17) is 32.6 Å². The molecule has 3 saturated carbocycles. The van der Waals surface area contributed by atoms with Crippen molar-refractivity contribution in [2.75, 3.05) is 6.61 Å². The van der Waals surface area contributed by atoms with E-state index < -0.39 is 106 Å². The minimum absolute atomic E-state index is 0.0750. The fraction of sp³-hybridized carbons (Fsp3) is 0.860. The smallest absolute Gasteiger partial charge is 0.397 e. The van der Waals surface area contributed by atoms with E-state index in [-0.39, 0.29) is 35.1 Å². The average molecular weight is 871 g/mol. The summed E-state index contributed by atoms with van der Waals surface area (Å²) in [5.74, 6) is -0.682. The van der Waals surface area contributed by atoms with Crippen LogP contribution in [0.1, 0.15) is 114 Å². The van der Waals surface area contributed by atoms with Gasteiger partial charge in [0.15, 0.2) is 12.6 Å². The molecule has 7 rings (SSSR count). The first-order valence-corrected chi connectivity index (χ1v) is 22.9. The Hall–Kier alpha value is -2.03. The monoisotopic (exact) mass is 870 g/mol. The summed E-state index contributed by atoms with van der Waals surface area (Å²) in [5.41, 5.74) is -0.587. The van der Waals surface area contributed by atoms with Crippen LogP contribution < -0.4 is 0 Å². The quantitative estimate of drug-likeness (QED) is 0.120. The highest BCUT2D eigenvalue weighted by Gasteiger charge is 2.79. The molecule has 3 heterocycles. The minimum atomic E-state index is -5.03. The van der Waals surface area contributed by atoms with Crippen LogP contribution in [-0.4, -0.2) is 125 Å². The molecule has 340 valence electrons. The number of esters is 2. The molecule has 4 aliphatic carbocycles. The van der Waals surface area contributed by atoms with E-state index in [0.717, 1.165) is 19.3 Å². The van der Waals surface area contributed by atoms with E-state index >= 15 is 0 Å². The van der Waals surface area contributed by atoms with Gasteiger partial charge < -0.3 is 48.8 Å². The van der Waals surface area contributed by atoms with Gasteiger partial charge in [0, 0.05) is 12.3 Å². The van der Waals surface area contributed by atoms with E-state index in [0.29, 0.717) is 32.1 Å². The van der Waals surface area contributed by atoms with E-state index in [9.17, 15) is 43.0 Å². The van der Waals surface area contributed by atoms with Crippen LogP contribution in [0.4, 0.5) is 0 Å². The molecule has 0 aromatic rings. The van der Waals surface area contributed by atoms with E-state index in [1.54, 1.807) is 0 Å². The third-order valence-corrected chi connectivity index (χ3v) is 16.6. The molecule has 3 saturated heterocycles. The maximum absolute atomic E-state index is 14.5. The Morgan fingerprint density at radius 2 is 1.63 bits per heavy atom. The molecule has 18 atom stereocenters. The van der Waals surface area contributed by atoms with Gasteiger partial charge in [0.1, 0.15) is 48.3 Å². The predicted molar refractivity (Wildman–Crippen MR) is 212 cm³/mol. The summed E-state index contributed by atoms with van der Waals surface area (Å²) in [6, 6.07) is 0. The predicted octanol–water partition coefficient (Wildman–Crippen LogP) is 3.68. The normalized spacial score (nSPS) is 48.4. The summed E-state index contributed by atoms with van der Waals surface area (Å²) in [6.07, 6.45) is -4.89. The van der Waals surface area contributed by atoms with Crippen molar-refractivity contribution in [3.8, 4) is 0 Å². The van der Waals surface area contributed by atoms with Crippen LogP contribution in [0.15, 0.2) is 23.3 Å². The lowest BCUT2D eigenvalue weighted by Gasteiger charge is -2.63. The maximum atomic E-state index is 14.5. The molecular formula is C43H66O16S. The minimum Gasteiger partial charge on any atom is -0.462 e. The summed E-state index contributed by atoms with van der Waals surface area (Å²) >= 11 is 0. The number of cyclic esters (lactones) is 1. The topological polar surface area (TPSA) is 234 Å². The van der Waals surface area contributed by atoms with Gasteiger partial charge in [0.25, 0.3) is 0 Å². The molecule has 60 heavy (non-hydrogen) atoms. The van der Waals surface area contributed by atoms with Crippen LogP contribution in [0.2, 0.25) is 0 Å². The Bertz CT molecular complexity index is 1850. The van der Waals surface area contributed by atoms with Crippen molar-refractivity contribution in [1.82, 2.24) is 0 Å². The lowest BCUT2D eigenvalue weighted by Crippen LogP contribution is -2.64. The molecule has 6 fully saturated rings. The molecule has 0 aromatic heterocycles. The molecule has 5 N–H and O–H groups in total. The molecular weight excluding hydrogens is 805 g/mol. The Labute approximate surface area is 353 Å². The molecule has 0 radical (unpaired) electrons. The summed E-state index contributed by atoms with van der Waals surface area (Å²) in [5, 5.41) is 42.9. The highest BCUT2D eigenvalue weighted by atomic mass is 32.3. The molecule has 0 unspecified atom stereocenters. The van der Waals surface area contributed by atoms with Crippen LogP contribution >= 0.6 is 0 Å². The number of hydrogen-bond donors (Lipinski definition) is 5. The van der Waals surface area contributed by atoms with E-state index in [1.165, 1.54) is 25.0 Å². The molecule has 0 bridgehead atoms. The first-order chi connectivity index (χ1) is 27.8. The zero-order chi connectivity index (χ0) is 44.1. The second-order valence-electron chi connectivity index (χ2n) is 20.2. The fourth-order valence-electron chi connectivity index (χ4n) is 13.3. The standard InChI is InChI=1S/C43H66O16S/c1-21(2)11-10-16-42(9)35-26(55-23(4)44)19-41(8)25-12-13-28-39(5,6)29(15-17-40(28,7)24(25)14-18-43(35,41)38(49)58-42)56-37-34(31(46)27(20-53-37)59-60(50,51)52)57-36-33(48)32(47)30(45)22(3)54-36/h11-12,22,24,26-37,45-48H,10,13-20H2,1-9H3,(H,50,51,52)/t22-,24-,26+,27-,28+,29+,30-,31+,32+,33-,34-,35-,36+,37+,40-,41+,42+,43-/m1/s1. The van der Waals surface area contributed by atoms with Crippen molar-refractivity contribution < 1.29 is 75.6 Å². The SMILES string of the molecule is CC(=O)O[C@H]1C[C@@]2(C)C3=CC[C@H]4C(C)(C)[C@@H](O[C@@H]5OC[C@@H](OS(=O)(=O)O)[C@H](O)[C@H]5O[C@@H]5O[C@H](C)[C@@H](O)[C@H](O)[C@H]5O)CC[C@]4(C)[C@@H]3CC[C@@]23C(=O)O[C@@](C)(CCC=C(C)C)[C@@H]13. The number of allylic oxidation sites excluding steroid dienone is 4. The number of carbonyl (C=O) groups excluding carboxylic acids is 2. The number of hydrogen-bond acceptors (Lipinski definition) is 15. The first kappa shape index (κ1) is 46.0. The summed E-state index contributed by atoms with van der Waals surface area (Å²) < 4.78 is 74.4. The van der Waals surface area contributed by atoms with Gasteiger partial charge in [-0.05, 0) is 102 Å². The fourth-order valence-corrected chi connectivity index (χ4v) is 13.8. The van der Waals surface area contributed by atoms with Crippen molar-refractivity contribution in [3.05, 3.63) is 23.3 Å².